The predicted octanol–water partition coefficient (Wildman–Crippen LogP) is 2.53. The molecule has 0 aliphatic carbocycles. The first-order valence-electron chi connectivity index (χ1n) is 6.33. The van der Waals surface area contributed by atoms with E-state index in [0.717, 1.165) is 37.1 Å². The van der Waals surface area contributed by atoms with Crippen molar-refractivity contribution in [2.75, 3.05) is 6.54 Å². The number of imidazole rings is 1. The number of benzene rings is 1. The molecule has 0 unspecified atom stereocenters. The van der Waals surface area contributed by atoms with E-state index < -0.39 is 0 Å². The molecule has 0 spiro atoms. The summed E-state index contributed by atoms with van der Waals surface area (Å²) in [5.74, 6) is 1.20. The Hall–Kier alpha value is -1.13. The summed E-state index contributed by atoms with van der Waals surface area (Å²) < 4.78 is 3.35. The van der Waals surface area contributed by atoms with Crippen molar-refractivity contribution >= 4 is 15.9 Å². The predicted molar refractivity (Wildman–Crippen MR) is 75.5 cm³/mol. The van der Waals surface area contributed by atoms with E-state index in [9.17, 15) is 0 Å². The number of halogens is 1. The molecule has 4 heteroatoms. The van der Waals surface area contributed by atoms with Crippen molar-refractivity contribution in [3.05, 3.63) is 52.0 Å². The molecule has 2 aromatic rings. The van der Waals surface area contributed by atoms with Gasteiger partial charge in [-0.25, -0.2) is 4.98 Å². The van der Waals surface area contributed by atoms with Crippen LogP contribution in [0.25, 0.3) is 0 Å². The quantitative estimate of drug-likeness (QED) is 0.944. The first-order valence-corrected chi connectivity index (χ1v) is 7.12. The Kier molecular flexibility index (Phi) is 3.48. The van der Waals surface area contributed by atoms with Gasteiger partial charge in [-0.05, 0) is 27.9 Å². The van der Waals surface area contributed by atoms with E-state index in [2.05, 4.69) is 61.1 Å². The highest BCUT2D eigenvalue weighted by molar-refractivity contribution is 9.10. The van der Waals surface area contributed by atoms with Crippen LogP contribution in [-0.4, -0.2) is 16.1 Å². The van der Waals surface area contributed by atoms with E-state index in [1.807, 2.05) is 0 Å². The highest BCUT2D eigenvalue weighted by atomic mass is 79.9. The van der Waals surface area contributed by atoms with Gasteiger partial charge < -0.3 is 9.88 Å². The minimum atomic E-state index is 0.916. The first-order chi connectivity index (χ1) is 8.84. The van der Waals surface area contributed by atoms with E-state index >= 15 is 0 Å². The molecule has 1 aliphatic rings. The Balaban J connectivity index is 1.77. The SMILES string of the molecule is Brc1nc(CCc2ccccc2)n2c1CNCC2. The van der Waals surface area contributed by atoms with Gasteiger partial charge in [0.05, 0.1) is 5.69 Å². The average molecular weight is 306 g/mol. The van der Waals surface area contributed by atoms with Crippen molar-refractivity contribution in [1.82, 2.24) is 14.9 Å². The number of fused-ring (bicyclic) bond motifs is 1. The zero-order valence-corrected chi connectivity index (χ0v) is 11.8. The lowest BCUT2D eigenvalue weighted by atomic mass is 10.1. The van der Waals surface area contributed by atoms with Gasteiger partial charge in [-0.15, -0.1) is 0 Å². The lowest BCUT2D eigenvalue weighted by Gasteiger charge is -2.18. The van der Waals surface area contributed by atoms with Crippen LogP contribution in [0.1, 0.15) is 17.1 Å². The summed E-state index contributed by atoms with van der Waals surface area (Å²) in [7, 11) is 0. The van der Waals surface area contributed by atoms with Crippen LogP contribution in [0.5, 0.6) is 0 Å². The number of aryl methyl sites for hydroxylation is 2. The molecule has 1 aromatic heterocycles. The van der Waals surface area contributed by atoms with E-state index in [1.54, 1.807) is 0 Å². The molecule has 3 rings (SSSR count). The van der Waals surface area contributed by atoms with Crippen LogP contribution in [0.4, 0.5) is 0 Å². The number of hydrogen-bond acceptors (Lipinski definition) is 2. The molecule has 1 aromatic carbocycles. The van der Waals surface area contributed by atoms with Gasteiger partial charge in [-0.3, -0.25) is 0 Å². The molecular formula is C14H16BrN3. The second-order valence-electron chi connectivity index (χ2n) is 4.58. The molecule has 94 valence electrons. The Labute approximate surface area is 115 Å². The van der Waals surface area contributed by atoms with Crippen LogP contribution in [0.2, 0.25) is 0 Å². The van der Waals surface area contributed by atoms with Gasteiger partial charge in [0.1, 0.15) is 10.4 Å². The van der Waals surface area contributed by atoms with Gasteiger partial charge in [0, 0.05) is 26.1 Å². The normalized spacial score (nSPS) is 14.5. The fourth-order valence-electron chi connectivity index (χ4n) is 2.43. The van der Waals surface area contributed by atoms with Crippen molar-refractivity contribution in [1.29, 1.82) is 0 Å². The standard InChI is InChI=1S/C14H16BrN3/c15-14-12-10-16-8-9-18(12)13(17-14)7-6-11-4-2-1-3-5-11/h1-5,16H,6-10H2. The van der Waals surface area contributed by atoms with Crippen LogP contribution in [0.3, 0.4) is 0 Å². The molecule has 2 heterocycles. The second-order valence-corrected chi connectivity index (χ2v) is 5.33. The molecule has 0 bridgehead atoms. The van der Waals surface area contributed by atoms with Gasteiger partial charge in [-0.1, -0.05) is 30.3 Å². The molecule has 0 fully saturated rings. The lowest BCUT2D eigenvalue weighted by Crippen LogP contribution is -2.28. The largest absolute Gasteiger partial charge is 0.329 e. The summed E-state index contributed by atoms with van der Waals surface area (Å²) in [5.41, 5.74) is 2.66. The zero-order chi connectivity index (χ0) is 12.4. The monoisotopic (exact) mass is 305 g/mol. The topological polar surface area (TPSA) is 29.9 Å². The highest BCUT2D eigenvalue weighted by Gasteiger charge is 2.17. The van der Waals surface area contributed by atoms with E-state index in [0.29, 0.717) is 0 Å². The summed E-state index contributed by atoms with van der Waals surface area (Å²) in [6.07, 6.45) is 2.06. The Bertz CT molecular complexity index is 533. The van der Waals surface area contributed by atoms with E-state index in [-0.39, 0.29) is 0 Å². The van der Waals surface area contributed by atoms with Crippen molar-refractivity contribution in [2.24, 2.45) is 0 Å². The maximum absolute atomic E-state index is 4.65. The maximum atomic E-state index is 4.65. The van der Waals surface area contributed by atoms with Crippen LogP contribution in [-0.2, 0) is 25.9 Å². The number of hydrogen-bond donors (Lipinski definition) is 1. The molecule has 0 atom stereocenters. The molecule has 0 radical (unpaired) electrons. The first kappa shape index (κ1) is 11.9. The van der Waals surface area contributed by atoms with Gasteiger partial charge >= 0.3 is 0 Å². The summed E-state index contributed by atoms with van der Waals surface area (Å²) in [4.78, 5) is 4.65. The van der Waals surface area contributed by atoms with E-state index in [4.69, 9.17) is 0 Å². The van der Waals surface area contributed by atoms with Crippen molar-refractivity contribution < 1.29 is 0 Å². The fourth-order valence-corrected chi connectivity index (χ4v) is 2.99. The summed E-state index contributed by atoms with van der Waals surface area (Å²) in [5, 5.41) is 3.38. The van der Waals surface area contributed by atoms with Crippen molar-refractivity contribution in [3.63, 3.8) is 0 Å². The summed E-state index contributed by atoms with van der Waals surface area (Å²) in [6, 6.07) is 10.6. The summed E-state index contributed by atoms with van der Waals surface area (Å²) >= 11 is 3.56. The van der Waals surface area contributed by atoms with Gasteiger partial charge in [0.15, 0.2) is 0 Å². The number of rotatable bonds is 3. The third-order valence-corrected chi connectivity index (χ3v) is 4.02. The molecule has 18 heavy (non-hydrogen) atoms. The van der Waals surface area contributed by atoms with Crippen LogP contribution < -0.4 is 5.32 Å². The van der Waals surface area contributed by atoms with Gasteiger partial charge in [0.2, 0.25) is 0 Å². The van der Waals surface area contributed by atoms with Crippen LogP contribution in [0, 0.1) is 0 Å². The van der Waals surface area contributed by atoms with Crippen molar-refractivity contribution in [3.8, 4) is 0 Å². The summed E-state index contributed by atoms with van der Waals surface area (Å²) in [6.45, 7) is 2.98. The molecular weight excluding hydrogens is 290 g/mol. The van der Waals surface area contributed by atoms with Crippen molar-refractivity contribution in [2.45, 2.75) is 25.9 Å². The average Bonchev–Trinajstić information content (AvgIpc) is 2.75. The molecule has 0 amide bonds. The third-order valence-electron chi connectivity index (χ3n) is 3.39. The smallest absolute Gasteiger partial charge is 0.128 e. The van der Waals surface area contributed by atoms with E-state index in [1.165, 1.54) is 17.1 Å². The number of nitrogens with one attached hydrogen (secondary N) is 1. The molecule has 0 saturated carbocycles. The third kappa shape index (κ3) is 2.35. The minimum Gasteiger partial charge on any atom is -0.329 e. The maximum Gasteiger partial charge on any atom is 0.128 e. The minimum absolute atomic E-state index is 0.916. The van der Waals surface area contributed by atoms with Gasteiger partial charge in [-0.2, -0.15) is 0 Å². The highest BCUT2D eigenvalue weighted by Crippen LogP contribution is 2.21. The Morgan fingerprint density at radius 3 is 2.89 bits per heavy atom. The fraction of sp³-hybridized carbons (Fsp3) is 0.357. The molecule has 0 saturated heterocycles. The molecule has 3 nitrogen and oxygen atoms in total. The van der Waals surface area contributed by atoms with Crippen LogP contribution >= 0.6 is 15.9 Å². The zero-order valence-electron chi connectivity index (χ0n) is 10.2. The molecule has 1 N–H and O–H groups in total. The van der Waals surface area contributed by atoms with Crippen LogP contribution in [0.15, 0.2) is 34.9 Å². The van der Waals surface area contributed by atoms with Gasteiger partial charge in [0.25, 0.3) is 0 Å². The molecule has 1 aliphatic heterocycles. The number of aromatic nitrogens is 2. The Morgan fingerprint density at radius 2 is 2.06 bits per heavy atom. The lowest BCUT2D eigenvalue weighted by molar-refractivity contribution is 0.499. The number of nitrogens with zero attached hydrogens (tertiary/aromatic N) is 2. The Morgan fingerprint density at radius 1 is 1.22 bits per heavy atom. The second kappa shape index (κ2) is 5.24.